The van der Waals surface area contributed by atoms with Gasteiger partial charge in [-0.1, -0.05) is 17.2 Å². The van der Waals surface area contributed by atoms with Gasteiger partial charge in [0.1, 0.15) is 0 Å². The Morgan fingerprint density at radius 1 is 1.57 bits per heavy atom. The number of hydrogen-bond donors (Lipinski definition) is 0. The first-order chi connectivity index (χ1) is 6.52. The van der Waals surface area contributed by atoms with E-state index in [1.807, 2.05) is 19.2 Å². The summed E-state index contributed by atoms with van der Waals surface area (Å²) in [4.78, 5) is 12.4. The number of Topliss-reactive ketones (excluding diaryl/α,β-unsaturated/α-hetero) is 1. The highest BCUT2D eigenvalue weighted by atomic mass is 35.5. The summed E-state index contributed by atoms with van der Waals surface area (Å²) in [7, 11) is 0. The molecule has 1 heterocycles. The minimum atomic E-state index is 0.121. The highest BCUT2D eigenvalue weighted by Crippen LogP contribution is 2.28. The third-order valence-corrected chi connectivity index (χ3v) is 3.67. The standard InChI is InChI=1S/C11H13ClOS/c1-7(2)4-5-9(13)11-10(12)8(3)6-14-11/h6H,1,4-5H2,2-3H3. The smallest absolute Gasteiger partial charge is 0.174 e. The summed E-state index contributed by atoms with van der Waals surface area (Å²) in [5.74, 6) is 0.121. The number of allylic oxidation sites excluding steroid dienone is 1. The van der Waals surface area contributed by atoms with Gasteiger partial charge in [0.25, 0.3) is 0 Å². The molecular formula is C11H13ClOS. The molecule has 76 valence electrons. The maximum absolute atomic E-state index is 11.7. The van der Waals surface area contributed by atoms with Gasteiger partial charge >= 0.3 is 0 Å². The van der Waals surface area contributed by atoms with Crippen LogP contribution in [0.1, 0.15) is 35.0 Å². The Bertz CT molecular complexity index is 365. The Morgan fingerprint density at radius 3 is 2.64 bits per heavy atom. The molecular weight excluding hydrogens is 216 g/mol. The largest absolute Gasteiger partial charge is 0.293 e. The van der Waals surface area contributed by atoms with Crippen LogP contribution in [0.4, 0.5) is 0 Å². The van der Waals surface area contributed by atoms with Crippen LogP contribution in [0.15, 0.2) is 17.5 Å². The fourth-order valence-corrected chi connectivity index (χ4v) is 2.33. The van der Waals surface area contributed by atoms with Gasteiger partial charge in [-0.25, -0.2) is 0 Å². The molecule has 0 saturated carbocycles. The Balaban J connectivity index is 2.70. The molecule has 0 saturated heterocycles. The first-order valence-electron chi connectivity index (χ1n) is 4.43. The van der Waals surface area contributed by atoms with Gasteiger partial charge in [0.15, 0.2) is 5.78 Å². The third kappa shape index (κ3) is 2.69. The molecule has 0 spiro atoms. The molecule has 0 aliphatic rings. The predicted octanol–water partition coefficient (Wildman–Crippen LogP) is 4.25. The number of aryl methyl sites for hydroxylation is 1. The molecule has 0 N–H and O–H groups in total. The fourth-order valence-electron chi connectivity index (χ4n) is 1.06. The van der Waals surface area contributed by atoms with Crippen molar-refractivity contribution in [1.82, 2.24) is 0 Å². The Hall–Kier alpha value is -0.600. The zero-order valence-corrected chi connectivity index (χ0v) is 9.97. The summed E-state index contributed by atoms with van der Waals surface area (Å²) < 4.78 is 0. The lowest BCUT2D eigenvalue weighted by Gasteiger charge is -1.98. The van der Waals surface area contributed by atoms with Crippen molar-refractivity contribution in [3.05, 3.63) is 33.0 Å². The lowest BCUT2D eigenvalue weighted by atomic mass is 10.1. The summed E-state index contributed by atoms with van der Waals surface area (Å²) in [5, 5.41) is 2.53. The molecule has 0 bridgehead atoms. The summed E-state index contributed by atoms with van der Waals surface area (Å²) in [6, 6.07) is 0. The van der Waals surface area contributed by atoms with Crippen LogP contribution in [0.5, 0.6) is 0 Å². The molecule has 0 fully saturated rings. The quantitative estimate of drug-likeness (QED) is 0.556. The van der Waals surface area contributed by atoms with Crippen LogP contribution in [0.25, 0.3) is 0 Å². The van der Waals surface area contributed by atoms with Crippen molar-refractivity contribution in [2.75, 3.05) is 0 Å². The number of carbonyl (C=O) groups excluding carboxylic acids is 1. The van der Waals surface area contributed by atoms with Crippen LogP contribution in [-0.2, 0) is 0 Å². The highest BCUT2D eigenvalue weighted by molar-refractivity contribution is 7.13. The van der Waals surface area contributed by atoms with Gasteiger partial charge in [-0.15, -0.1) is 17.9 Å². The van der Waals surface area contributed by atoms with Crippen molar-refractivity contribution in [1.29, 1.82) is 0 Å². The Kier molecular flexibility index (Phi) is 3.90. The number of ketones is 1. The number of rotatable bonds is 4. The van der Waals surface area contributed by atoms with E-state index in [0.29, 0.717) is 16.3 Å². The SMILES string of the molecule is C=C(C)CCC(=O)c1scc(C)c1Cl. The van der Waals surface area contributed by atoms with Gasteiger partial charge in [-0.2, -0.15) is 0 Å². The molecule has 0 radical (unpaired) electrons. The van der Waals surface area contributed by atoms with E-state index >= 15 is 0 Å². The lowest BCUT2D eigenvalue weighted by Crippen LogP contribution is -1.96. The molecule has 0 aliphatic carbocycles. The van der Waals surface area contributed by atoms with E-state index in [1.54, 1.807) is 0 Å². The monoisotopic (exact) mass is 228 g/mol. The second-order valence-electron chi connectivity index (χ2n) is 3.44. The maximum atomic E-state index is 11.7. The van der Waals surface area contributed by atoms with E-state index in [1.165, 1.54) is 11.3 Å². The van der Waals surface area contributed by atoms with Crippen LogP contribution < -0.4 is 0 Å². The van der Waals surface area contributed by atoms with E-state index in [2.05, 4.69) is 6.58 Å². The lowest BCUT2D eigenvalue weighted by molar-refractivity contribution is 0.0987. The molecule has 1 aromatic rings. The minimum Gasteiger partial charge on any atom is -0.293 e. The number of halogens is 1. The number of hydrogen-bond acceptors (Lipinski definition) is 2. The van der Waals surface area contributed by atoms with E-state index in [0.717, 1.165) is 17.6 Å². The summed E-state index contributed by atoms with van der Waals surface area (Å²) >= 11 is 7.41. The second-order valence-corrected chi connectivity index (χ2v) is 4.70. The highest BCUT2D eigenvalue weighted by Gasteiger charge is 2.13. The van der Waals surface area contributed by atoms with Crippen molar-refractivity contribution in [3.63, 3.8) is 0 Å². The average Bonchev–Trinajstić information content (AvgIpc) is 2.44. The van der Waals surface area contributed by atoms with Crippen LogP contribution in [0, 0.1) is 6.92 Å². The molecule has 14 heavy (non-hydrogen) atoms. The second kappa shape index (κ2) is 4.76. The van der Waals surface area contributed by atoms with Crippen molar-refractivity contribution >= 4 is 28.7 Å². The normalized spacial score (nSPS) is 10.2. The van der Waals surface area contributed by atoms with Crippen molar-refractivity contribution in [2.24, 2.45) is 0 Å². The van der Waals surface area contributed by atoms with E-state index < -0.39 is 0 Å². The van der Waals surface area contributed by atoms with E-state index in [9.17, 15) is 4.79 Å². The summed E-state index contributed by atoms with van der Waals surface area (Å²) in [6.07, 6.45) is 1.25. The first-order valence-corrected chi connectivity index (χ1v) is 5.69. The minimum absolute atomic E-state index is 0.121. The zero-order valence-electron chi connectivity index (χ0n) is 8.39. The third-order valence-electron chi connectivity index (χ3n) is 1.93. The van der Waals surface area contributed by atoms with E-state index in [-0.39, 0.29) is 5.78 Å². The molecule has 3 heteroatoms. The fraction of sp³-hybridized carbons (Fsp3) is 0.364. The number of thiophene rings is 1. The molecule has 1 rings (SSSR count). The predicted molar refractivity (Wildman–Crippen MR) is 62.4 cm³/mol. The molecule has 0 aliphatic heterocycles. The van der Waals surface area contributed by atoms with Crippen LogP contribution >= 0.6 is 22.9 Å². The summed E-state index contributed by atoms with van der Waals surface area (Å²) in [5.41, 5.74) is 2.01. The van der Waals surface area contributed by atoms with Gasteiger partial charge in [0, 0.05) is 6.42 Å². The molecule has 0 amide bonds. The van der Waals surface area contributed by atoms with Crippen molar-refractivity contribution < 1.29 is 4.79 Å². The van der Waals surface area contributed by atoms with E-state index in [4.69, 9.17) is 11.6 Å². The van der Waals surface area contributed by atoms with Gasteiger partial charge in [0.05, 0.1) is 9.90 Å². The summed E-state index contributed by atoms with van der Waals surface area (Å²) in [6.45, 7) is 7.60. The molecule has 1 aromatic heterocycles. The first kappa shape index (κ1) is 11.5. The van der Waals surface area contributed by atoms with Crippen LogP contribution in [0.3, 0.4) is 0 Å². The molecule has 0 aromatic carbocycles. The van der Waals surface area contributed by atoms with Gasteiger partial charge < -0.3 is 0 Å². The topological polar surface area (TPSA) is 17.1 Å². The molecule has 1 nitrogen and oxygen atoms in total. The number of carbonyl (C=O) groups is 1. The Morgan fingerprint density at radius 2 is 2.21 bits per heavy atom. The van der Waals surface area contributed by atoms with Crippen LogP contribution in [0.2, 0.25) is 5.02 Å². The van der Waals surface area contributed by atoms with Gasteiger partial charge in [-0.05, 0) is 31.2 Å². The molecule has 0 atom stereocenters. The van der Waals surface area contributed by atoms with Gasteiger partial charge in [0.2, 0.25) is 0 Å². The Labute approximate surface area is 93.4 Å². The van der Waals surface area contributed by atoms with Crippen molar-refractivity contribution in [3.8, 4) is 0 Å². The molecule has 0 unspecified atom stereocenters. The zero-order chi connectivity index (χ0) is 10.7. The average molecular weight is 229 g/mol. The maximum Gasteiger partial charge on any atom is 0.174 e. The van der Waals surface area contributed by atoms with Crippen molar-refractivity contribution in [2.45, 2.75) is 26.7 Å². The van der Waals surface area contributed by atoms with Gasteiger partial charge in [-0.3, -0.25) is 4.79 Å². The van der Waals surface area contributed by atoms with Crippen LogP contribution in [-0.4, -0.2) is 5.78 Å².